The molecule has 7 nitrogen and oxygen atoms in total. The zero-order chi connectivity index (χ0) is 18.0. The van der Waals surface area contributed by atoms with E-state index in [4.69, 9.17) is 14.2 Å². The van der Waals surface area contributed by atoms with Gasteiger partial charge in [-0.05, 0) is 44.0 Å². The van der Waals surface area contributed by atoms with E-state index in [1.165, 1.54) is 0 Å². The van der Waals surface area contributed by atoms with E-state index in [-0.39, 0.29) is 19.3 Å². The van der Waals surface area contributed by atoms with Crippen molar-refractivity contribution in [2.75, 3.05) is 13.4 Å². The Labute approximate surface area is 145 Å². The number of ether oxygens (including phenoxy) is 3. The first kappa shape index (κ1) is 16.9. The van der Waals surface area contributed by atoms with Crippen molar-refractivity contribution in [3.05, 3.63) is 46.3 Å². The lowest BCUT2D eigenvalue weighted by atomic mass is 10.1. The molecule has 1 amide bonds. The molecule has 0 unspecified atom stereocenters. The highest BCUT2D eigenvalue weighted by Crippen LogP contribution is 2.32. The fourth-order valence-corrected chi connectivity index (χ4v) is 2.81. The van der Waals surface area contributed by atoms with Crippen LogP contribution in [0.15, 0.2) is 18.2 Å². The van der Waals surface area contributed by atoms with Gasteiger partial charge in [0.05, 0.1) is 12.2 Å². The number of hydrogen-bond acceptors (Lipinski definition) is 5. The topological polar surface area (TPSA) is 89.7 Å². The molecule has 0 bridgehead atoms. The van der Waals surface area contributed by atoms with Crippen LogP contribution in [0.5, 0.6) is 11.5 Å². The summed E-state index contributed by atoms with van der Waals surface area (Å²) in [6, 6.07) is 5.51. The zero-order valence-electron chi connectivity index (χ0n) is 14.4. The van der Waals surface area contributed by atoms with Crippen molar-refractivity contribution in [2.24, 2.45) is 0 Å². The molecule has 2 N–H and O–H groups in total. The summed E-state index contributed by atoms with van der Waals surface area (Å²) in [7, 11) is 0. The van der Waals surface area contributed by atoms with E-state index < -0.39 is 5.97 Å². The molecule has 0 fully saturated rings. The maximum Gasteiger partial charge on any atom is 0.340 e. The van der Waals surface area contributed by atoms with Crippen LogP contribution in [0.4, 0.5) is 0 Å². The van der Waals surface area contributed by atoms with Gasteiger partial charge in [-0.2, -0.15) is 0 Å². The lowest BCUT2D eigenvalue weighted by Crippen LogP contribution is -2.24. The highest BCUT2D eigenvalue weighted by atomic mass is 16.7. The van der Waals surface area contributed by atoms with Crippen LogP contribution < -0.4 is 14.8 Å². The minimum absolute atomic E-state index is 0.211. The van der Waals surface area contributed by atoms with E-state index in [9.17, 15) is 9.59 Å². The standard InChI is InChI=1S/C18H20N2O5/c1-4-23-18(22)15-10(2)16(20-11(15)3)17(21)19-8-12-5-6-13-14(7-12)25-9-24-13/h5-7,20H,4,8-9H2,1-3H3,(H,19,21). The molecule has 0 atom stereocenters. The first-order valence-electron chi connectivity index (χ1n) is 8.04. The summed E-state index contributed by atoms with van der Waals surface area (Å²) < 4.78 is 15.6. The van der Waals surface area contributed by atoms with Crippen molar-refractivity contribution in [1.29, 1.82) is 0 Å². The van der Waals surface area contributed by atoms with Crippen LogP contribution in [0.3, 0.4) is 0 Å². The second-order valence-corrected chi connectivity index (χ2v) is 5.72. The minimum Gasteiger partial charge on any atom is -0.462 e. The average Bonchev–Trinajstić information content (AvgIpc) is 3.16. The lowest BCUT2D eigenvalue weighted by Gasteiger charge is -2.06. The summed E-state index contributed by atoms with van der Waals surface area (Å²) in [4.78, 5) is 27.5. The van der Waals surface area contributed by atoms with Crippen LogP contribution in [0.1, 0.15) is 44.6 Å². The van der Waals surface area contributed by atoms with E-state index in [2.05, 4.69) is 10.3 Å². The summed E-state index contributed by atoms with van der Waals surface area (Å²) in [6.45, 7) is 6.05. The third kappa shape index (κ3) is 3.31. The smallest absolute Gasteiger partial charge is 0.340 e. The Kier molecular flexibility index (Phi) is 4.65. The van der Waals surface area contributed by atoms with Crippen LogP contribution in [-0.4, -0.2) is 30.3 Å². The minimum atomic E-state index is -0.427. The number of aromatic nitrogens is 1. The summed E-state index contributed by atoms with van der Waals surface area (Å²) >= 11 is 0. The van der Waals surface area contributed by atoms with Gasteiger partial charge >= 0.3 is 5.97 Å². The third-order valence-corrected chi connectivity index (χ3v) is 4.03. The zero-order valence-corrected chi connectivity index (χ0v) is 14.4. The van der Waals surface area contributed by atoms with Gasteiger partial charge in [-0.3, -0.25) is 4.79 Å². The second kappa shape index (κ2) is 6.88. The maximum absolute atomic E-state index is 12.5. The number of fused-ring (bicyclic) bond motifs is 1. The van der Waals surface area contributed by atoms with Crippen molar-refractivity contribution in [3.8, 4) is 11.5 Å². The number of aromatic amines is 1. The number of esters is 1. The van der Waals surface area contributed by atoms with Crippen molar-refractivity contribution >= 4 is 11.9 Å². The van der Waals surface area contributed by atoms with Gasteiger partial charge in [0.15, 0.2) is 11.5 Å². The normalized spacial score (nSPS) is 12.1. The van der Waals surface area contributed by atoms with Crippen LogP contribution in [0.2, 0.25) is 0 Å². The molecule has 1 aromatic carbocycles. The molecule has 1 aromatic heterocycles. The number of carbonyl (C=O) groups is 2. The number of hydrogen-bond donors (Lipinski definition) is 2. The number of aryl methyl sites for hydroxylation is 1. The van der Waals surface area contributed by atoms with Gasteiger partial charge in [-0.25, -0.2) is 4.79 Å². The third-order valence-electron chi connectivity index (χ3n) is 4.03. The number of H-pyrrole nitrogens is 1. The van der Waals surface area contributed by atoms with E-state index >= 15 is 0 Å². The van der Waals surface area contributed by atoms with Gasteiger partial charge in [0.2, 0.25) is 6.79 Å². The molecule has 0 aliphatic carbocycles. The highest BCUT2D eigenvalue weighted by Gasteiger charge is 2.22. The van der Waals surface area contributed by atoms with Gasteiger partial charge in [-0.1, -0.05) is 6.07 Å². The van der Waals surface area contributed by atoms with Gasteiger partial charge in [0.1, 0.15) is 5.69 Å². The Bertz CT molecular complexity index is 825. The lowest BCUT2D eigenvalue weighted by molar-refractivity contribution is 0.0525. The molecule has 0 radical (unpaired) electrons. The summed E-state index contributed by atoms with van der Waals surface area (Å²) in [5.41, 5.74) is 2.86. The predicted octanol–water partition coefficient (Wildman–Crippen LogP) is 2.47. The molecular formula is C18H20N2O5. The molecule has 1 aliphatic rings. The Morgan fingerprint density at radius 3 is 2.76 bits per heavy atom. The fourth-order valence-electron chi connectivity index (χ4n) is 2.81. The molecule has 7 heteroatoms. The van der Waals surface area contributed by atoms with E-state index in [0.29, 0.717) is 40.6 Å². The summed E-state index contributed by atoms with van der Waals surface area (Å²) in [5, 5.41) is 2.84. The molecule has 132 valence electrons. The quantitative estimate of drug-likeness (QED) is 0.813. The maximum atomic E-state index is 12.5. The van der Waals surface area contributed by atoms with E-state index in [1.54, 1.807) is 20.8 Å². The van der Waals surface area contributed by atoms with Gasteiger partial charge in [0, 0.05) is 12.2 Å². The highest BCUT2D eigenvalue weighted by molar-refractivity contribution is 6.00. The molecule has 0 saturated heterocycles. The van der Waals surface area contributed by atoms with Crippen molar-refractivity contribution in [1.82, 2.24) is 10.3 Å². The van der Waals surface area contributed by atoms with Crippen molar-refractivity contribution in [3.63, 3.8) is 0 Å². The van der Waals surface area contributed by atoms with Crippen LogP contribution >= 0.6 is 0 Å². The molecule has 0 saturated carbocycles. The molecule has 2 aromatic rings. The largest absolute Gasteiger partial charge is 0.462 e. The second-order valence-electron chi connectivity index (χ2n) is 5.72. The Balaban J connectivity index is 1.71. The molecule has 1 aliphatic heterocycles. The van der Waals surface area contributed by atoms with Gasteiger partial charge in [0.25, 0.3) is 5.91 Å². The molecule has 25 heavy (non-hydrogen) atoms. The van der Waals surface area contributed by atoms with Crippen LogP contribution in [0.25, 0.3) is 0 Å². The van der Waals surface area contributed by atoms with Crippen molar-refractivity contribution < 1.29 is 23.8 Å². The molecule has 0 spiro atoms. The molecule has 2 heterocycles. The van der Waals surface area contributed by atoms with Gasteiger partial charge in [-0.15, -0.1) is 0 Å². The van der Waals surface area contributed by atoms with Crippen LogP contribution in [0, 0.1) is 13.8 Å². The first-order chi connectivity index (χ1) is 12.0. The van der Waals surface area contributed by atoms with E-state index in [1.807, 2.05) is 18.2 Å². The predicted molar refractivity (Wildman–Crippen MR) is 90.0 cm³/mol. The average molecular weight is 344 g/mol. The van der Waals surface area contributed by atoms with Crippen LogP contribution in [-0.2, 0) is 11.3 Å². The Morgan fingerprint density at radius 2 is 2.00 bits per heavy atom. The molecule has 3 rings (SSSR count). The number of nitrogens with one attached hydrogen (secondary N) is 2. The van der Waals surface area contributed by atoms with Gasteiger partial charge < -0.3 is 24.5 Å². The number of amides is 1. The number of carbonyl (C=O) groups excluding carboxylic acids is 2. The number of rotatable bonds is 5. The fraction of sp³-hybridized carbons (Fsp3) is 0.333. The molecular weight excluding hydrogens is 324 g/mol. The summed E-state index contributed by atoms with van der Waals surface area (Å²) in [6.07, 6.45) is 0. The first-order valence-corrected chi connectivity index (χ1v) is 8.04. The Hall–Kier alpha value is -2.96. The Morgan fingerprint density at radius 1 is 1.24 bits per heavy atom. The van der Waals surface area contributed by atoms with E-state index in [0.717, 1.165) is 5.56 Å². The summed E-state index contributed by atoms with van der Waals surface area (Å²) in [5.74, 6) is 0.658. The van der Waals surface area contributed by atoms with Crippen molar-refractivity contribution in [2.45, 2.75) is 27.3 Å². The number of benzene rings is 1. The monoisotopic (exact) mass is 344 g/mol. The SMILES string of the molecule is CCOC(=O)c1c(C)[nH]c(C(=O)NCc2ccc3c(c2)OCO3)c1C.